The average molecular weight is 298 g/mol. The molecule has 1 aliphatic heterocycles. The smallest absolute Gasteiger partial charge is 0.251 e. The minimum atomic E-state index is 0.0375. The van der Waals surface area contributed by atoms with E-state index in [0.717, 1.165) is 35.3 Å². The fourth-order valence-corrected chi connectivity index (χ4v) is 3.64. The number of aromatic nitrogens is 2. The van der Waals surface area contributed by atoms with Crippen LogP contribution in [0.3, 0.4) is 0 Å². The second kappa shape index (κ2) is 5.72. The molecule has 2 heterocycles. The summed E-state index contributed by atoms with van der Waals surface area (Å²) >= 11 is 0. The van der Waals surface area contributed by atoms with Gasteiger partial charge in [-0.2, -0.15) is 5.10 Å². The van der Waals surface area contributed by atoms with Crippen LogP contribution >= 0.6 is 0 Å². The van der Waals surface area contributed by atoms with Crippen molar-refractivity contribution in [3.63, 3.8) is 0 Å². The number of benzene rings is 1. The number of aromatic amines is 1. The predicted molar refractivity (Wildman–Crippen MR) is 85.8 cm³/mol. The maximum Gasteiger partial charge on any atom is 0.251 e. The quantitative estimate of drug-likeness (QED) is 0.914. The van der Waals surface area contributed by atoms with Gasteiger partial charge in [0.25, 0.3) is 5.91 Å². The van der Waals surface area contributed by atoms with Crippen LogP contribution in [-0.4, -0.2) is 46.2 Å². The number of fused-ring (bicyclic) bond motifs is 1. The summed E-state index contributed by atoms with van der Waals surface area (Å²) in [6.45, 7) is 2.54. The number of amides is 1. The highest BCUT2D eigenvalue weighted by Gasteiger charge is 2.29. The van der Waals surface area contributed by atoms with E-state index in [0.29, 0.717) is 6.04 Å². The molecular weight excluding hydrogens is 276 g/mol. The fraction of sp³-hybridized carbons (Fsp3) is 0.529. The van der Waals surface area contributed by atoms with Crippen LogP contribution in [0.4, 0.5) is 0 Å². The number of nitrogens with one attached hydrogen (secondary N) is 2. The van der Waals surface area contributed by atoms with E-state index in [1.165, 1.54) is 32.4 Å². The summed E-state index contributed by atoms with van der Waals surface area (Å²) in [5, 5.41) is 11.1. The zero-order valence-corrected chi connectivity index (χ0v) is 12.7. The summed E-state index contributed by atoms with van der Waals surface area (Å²) in [7, 11) is 0. The third-order valence-electron chi connectivity index (χ3n) is 5.14. The average Bonchev–Trinajstić information content (AvgIpc) is 2.94. The molecule has 1 saturated heterocycles. The molecule has 1 amide bonds. The minimum Gasteiger partial charge on any atom is -0.349 e. The van der Waals surface area contributed by atoms with Gasteiger partial charge in [-0.1, -0.05) is 0 Å². The van der Waals surface area contributed by atoms with E-state index in [9.17, 15) is 4.79 Å². The Labute approximate surface area is 130 Å². The molecule has 22 heavy (non-hydrogen) atoms. The van der Waals surface area contributed by atoms with Crippen LogP contribution < -0.4 is 5.32 Å². The Kier molecular flexibility index (Phi) is 3.58. The molecule has 2 fully saturated rings. The summed E-state index contributed by atoms with van der Waals surface area (Å²) < 4.78 is 0. The number of nitrogens with zero attached hydrogens (tertiary/aromatic N) is 2. The molecule has 4 rings (SSSR count). The number of rotatable bonds is 3. The maximum absolute atomic E-state index is 12.4. The molecular formula is C17H22N4O. The molecule has 0 radical (unpaired) electrons. The summed E-state index contributed by atoms with van der Waals surface area (Å²) in [6.07, 6.45) is 7.73. The summed E-state index contributed by atoms with van der Waals surface area (Å²) in [4.78, 5) is 15.0. The minimum absolute atomic E-state index is 0.0375. The topological polar surface area (TPSA) is 61.0 Å². The number of hydrogen-bond donors (Lipinski definition) is 2. The first-order valence-corrected chi connectivity index (χ1v) is 8.27. The first kappa shape index (κ1) is 13.8. The van der Waals surface area contributed by atoms with Crippen LogP contribution in [0.2, 0.25) is 0 Å². The molecule has 1 aromatic heterocycles. The molecule has 116 valence electrons. The standard InChI is InChI=1S/C17H22N4O/c22-17(12-2-7-16-13(10-12)11-18-20-16)19-14-3-5-15(6-4-14)21-8-1-9-21/h2,7,10-11,14-15H,1,3-6,8-9H2,(H,18,20)(H,19,22). The van der Waals surface area contributed by atoms with Gasteiger partial charge in [-0.05, 0) is 63.4 Å². The Balaban J connectivity index is 1.35. The maximum atomic E-state index is 12.4. The Morgan fingerprint density at radius 1 is 1.23 bits per heavy atom. The molecule has 2 aromatic rings. The SMILES string of the molecule is O=C(NC1CCC(N2CCC2)CC1)c1ccc2[nH]ncc2c1. The van der Waals surface area contributed by atoms with Gasteiger partial charge in [0.05, 0.1) is 11.7 Å². The normalized spacial score (nSPS) is 25.8. The monoisotopic (exact) mass is 298 g/mol. The highest BCUT2D eigenvalue weighted by atomic mass is 16.1. The molecule has 0 atom stereocenters. The van der Waals surface area contributed by atoms with Crippen molar-refractivity contribution in [1.29, 1.82) is 0 Å². The van der Waals surface area contributed by atoms with E-state index < -0.39 is 0 Å². The first-order valence-electron chi connectivity index (χ1n) is 8.27. The Bertz CT molecular complexity index is 668. The van der Waals surface area contributed by atoms with E-state index in [4.69, 9.17) is 0 Å². The molecule has 2 N–H and O–H groups in total. The van der Waals surface area contributed by atoms with Gasteiger partial charge in [-0.25, -0.2) is 0 Å². The van der Waals surface area contributed by atoms with Crippen molar-refractivity contribution >= 4 is 16.8 Å². The van der Waals surface area contributed by atoms with Crippen LogP contribution in [0, 0.1) is 0 Å². The lowest BCUT2D eigenvalue weighted by molar-refractivity contribution is 0.0773. The van der Waals surface area contributed by atoms with E-state index in [1.807, 2.05) is 18.2 Å². The summed E-state index contributed by atoms with van der Waals surface area (Å²) in [6, 6.07) is 6.76. The lowest BCUT2D eigenvalue weighted by atomic mass is 9.88. The van der Waals surface area contributed by atoms with Crippen molar-refractivity contribution in [3.8, 4) is 0 Å². The number of carbonyl (C=O) groups excluding carboxylic acids is 1. The van der Waals surface area contributed by atoms with Crippen molar-refractivity contribution in [3.05, 3.63) is 30.0 Å². The summed E-state index contributed by atoms with van der Waals surface area (Å²) in [5.74, 6) is 0.0375. The Morgan fingerprint density at radius 2 is 2.05 bits per heavy atom. The zero-order valence-electron chi connectivity index (χ0n) is 12.7. The molecule has 0 spiro atoms. The number of H-pyrrole nitrogens is 1. The molecule has 5 nitrogen and oxygen atoms in total. The number of carbonyl (C=O) groups is 1. The second-order valence-corrected chi connectivity index (χ2v) is 6.54. The molecule has 1 saturated carbocycles. The first-order chi connectivity index (χ1) is 10.8. The van der Waals surface area contributed by atoms with Crippen molar-refractivity contribution in [2.24, 2.45) is 0 Å². The van der Waals surface area contributed by atoms with Gasteiger partial charge < -0.3 is 10.2 Å². The Morgan fingerprint density at radius 3 is 2.77 bits per heavy atom. The van der Waals surface area contributed by atoms with Gasteiger partial charge in [0, 0.05) is 23.0 Å². The van der Waals surface area contributed by atoms with E-state index in [1.54, 1.807) is 6.20 Å². The van der Waals surface area contributed by atoms with Gasteiger partial charge in [0.2, 0.25) is 0 Å². The van der Waals surface area contributed by atoms with Crippen LogP contribution in [0.1, 0.15) is 42.5 Å². The highest BCUT2D eigenvalue weighted by molar-refractivity contribution is 5.97. The lowest BCUT2D eigenvalue weighted by Crippen LogP contribution is -2.49. The van der Waals surface area contributed by atoms with Gasteiger partial charge in [-0.15, -0.1) is 0 Å². The molecule has 2 aliphatic rings. The van der Waals surface area contributed by atoms with Crippen molar-refractivity contribution in [1.82, 2.24) is 20.4 Å². The van der Waals surface area contributed by atoms with Crippen LogP contribution in [0.15, 0.2) is 24.4 Å². The summed E-state index contributed by atoms with van der Waals surface area (Å²) in [5.41, 5.74) is 1.69. The molecule has 5 heteroatoms. The number of likely N-dealkylation sites (tertiary alicyclic amines) is 1. The Hall–Kier alpha value is -1.88. The van der Waals surface area contributed by atoms with E-state index >= 15 is 0 Å². The van der Waals surface area contributed by atoms with Crippen molar-refractivity contribution < 1.29 is 4.79 Å². The third kappa shape index (κ3) is 2.61. The molecule has 0 unspecified atom stereocenters. The third-order valence-corrected chi connectivity index (χ3v) is 5.14. The second-order valence-electron chi connectivity index (χ2n) is 6.54. The molecule has 0 bridgehead atoms. The van der Waals surface area contributed by atoms with Gasteiger partial charge in [0.15, 0.2) is 0 Å². The number of hydrogen-bond acceptors (Lipinski definition) is 3. The van der Waals surface area contributed by atoms with E-state index in [2.05, 4.69) is 20.4 Å². The predicted octanol–water partition coefficient (Wildman–Crippen LogP) is 2.31. The van der Waals surface area contributed by atoms with Crippen LogP contribution in [0.25, 0.3) is 10.9 Å². The van der Waals surface area contributed by atoms with Crippen LogP contribution in [0.5, 0.6) is 0 Å². The largest absolute Gasteiger partial charge is 0.349 e. The van der Waals surface area contributed by atoms with E-state index in [-0.39, 0.29) is 5.91 Å². The van der Waals surface area contributed by atoms with Gasteiger partial charge >= 0.3 is 0 Å². The molecule has 1 aliphatic carbocycles. The molecule has 1 aromatic carbocycles. The van der Waals surface area contributed by atoms with Crippen molar-refractivity contribution in [2.45, 2.75) is 44.2 Å². The van der Waals surface area contributed by atoms with Crippen LogP contribution in [-0.2, 0) is 0 Å². The zero-order chi connectivity index (χ0) is 14.9. The van der Waals surface area contributed by atoms with Crippen molar-refractivity contribution in [2.75, 3.05) is 13.1 Å². The fourth-order valence-electron chi connectivity index (χ4n) is 3.64. The highest BCUT2D eigenvalue weighted by Crippen LogP contribution is 2.26. The lowest BCUT2D eigenvalue weighted by Gasteiger charge is -2.42. The van der Waals surface area contributed by atoms with Gasteiger partial charge in [-0.3, -0.25) is 9.89 Å². The van der Waals surface area contributed by atoms with Gasteiger partial charge in [0.1, 0.15) is 0 Å².